The summed E-state index contributed by atoms with van der Waals surface area (Å²) in [6, 6.07) is 3.86. The van der Waals surface area contributed by atoms with Crippen molar-refractivity contribution < 1.29 is 14.3 Å². The van der Waals surface area contributed by atoms with E-state index < -0.39 is 5.97 Å². The fraction of sp³-hybridized carbons (Fsp3) is 0.333. The molecule has 0 aliphatic heterocycles. The van der Waals surface area contributed by atoms with Crippen molar-refractivity contribution in [2.24, 2.45) is 0 Å². The zero-order valence-corrected chi connectivity index (χ0v) is 18.3. The third-order valence-electron chi connectivity index (χ3n) is 3.83. The predicted octanol–water partition coefficient (Wildman–Crippen LogP) is 4.47. The van der Waals surface area contributed by atoms with Crippen LogP contribution < -0.4 is 5.32 Å². The average Bonchev–Trinajstić information content (AvgIpc) is 3.38. The van der Waals surface area contributed by atoms with Crippen molar-refractivity contribution in [2.45, 2.75) is 32.0 Å². The Bertz CT molecular complexity index is 990. The highest BCUT2D eigenvalue weighted by atomic mass is 32.2. The molecule has 0 atom stereocenters. The van der Waals surface area contributed by atoms with Crippen molar-refractivity contribution in [3.8, 4) is 11.4 Å². The number of nitrogens with one attached hydrogen (secondary N) is 1. The Morgan fingerprint density at radius 1 is 1.32 bits per heavy atom. The van der Waals surface area contributed by atoms with E-state index in [1.165, 1.54) is 35.1 Å². The zero-order valence-electron chi connectivity index (χ0n) is 15.9. The molecule has 10 heteroatoms. The van der Waals surface area contributed by atoms with Crippen molar-refractivity contribution in [2.75, 3.05) is 18.2 Å². The third-order valence-corrected chi connectivity index (χ3v) is 6.46. The van der Waals surface area contributed by atoms with Gasteiger partial charge in [-0.25, -0.2) is 4.79 Å². The Morgan fingerprint density at radius 3 is 2.75 bits per heavy atom. The molecule has 0 bridgehead atoms. The van der Waals surface area contributed by atoms with Gasteiger partial charge >= 0.3 is 5.97 Å². The van der Waals surface area contributed by atoms with E-state index in [1.807, 2.05) is 4.57 Å². The third kappa shape index (κ3) is 4.45. The summed E-state index contributed by atoms with van der Waals surface area (Å²) >= 11 is 4.26. The topological polar surface area (TPSA) is 86.1 Å². The average molecular weight is 437 g/mol. The predicted molar refractivity (Wildman–Crippen MR) is 113 cm³/mol. The number of anilines is 1. The second-order valence-electron chi connectivity index (χ2n) is 6.21. The molecule has 3 heterocycles. The van der Waals surface area contributed by atoms with Gasteiger partial charge in [0.2, 0.25) is 5.91 Å². The van der Waals surface area contributed by atoms with E-state index in [4.69, 9.17) is 4.74 Å². The van der Waals surface area contributed by atoms with E-state index in [0.29, 0.717) is 15.7 Å². The molecular weight excluding hydrogens is 416 g/mol. The van der Waals surface area contributed by atoms with Crippen LogP contribution >= 0.6 is 34.4 Å². The molecule has 0 fully saturated rings. The summed E-state index contributed by atoms with van der Waals surface area (Å²) in [5, 5.41) is 16.3. The van der Waals surface area contributed by atoms with Crippen LogP contribution in [0.1, 0.15) is 35.1 Å². The molecule has 0 unspecified atom stereocenters. The van der Waals surface area contributed by atoms with Crippen molar-refractivity contribution in [1.29, 1.82) is 0 Å². The van der Waals surface area contributed by atoms with Gasteiger partial charge in [0.1, 0.15) is 5.00 Å². The Morgan fingerprint density at radius 2 is 2.11 bits per heavy atom. The Labute approximate surface area is 175 Å². The summed E-state index contributed by atoms with van der Waals surface area (Å²) in [7, 11) is 1.31. The molecule has 0 radical (unpaired) electrons. The second kappa shape index (κ2) is 8.89. The number of aromatic nitrogens is 3. The second-order valence-corrected chi connectivity index (χ2v) is 9.18. The van der Waals surface area contributed by atoms with E-state index in [2.05, 4.69) is 47.7 Å². The van der Waals surface area contributed by atoms with Gasteiger partial charge < -0.3 is 10.1 Å². The number of hydrogen-bond donors (Lipinski definition) is 1. The quantitative estimate of drug-likeness (QED) is 0.434. The molecule has 0 spiro atoms. The van der Waals surface area contributed by atoms with Crippen molar-refractivity contribution in [3.63, 3.8) is 0 Å². The minimum absolute atomic E-state index is 0.152. The zero-order chi connectivity index (χ0) is 20.3. The first-order valence-electron chi connectivity index (χ1n) is 8.49. The Kier molecular flexibility index (Phi) is 6.53. The summed E-state index contributed by atoms with van der Waals surface area (Å²) in [5.74, 6) is 0.267. The van der Waals surface area contributed by atoms with Gasteiger partial charge in [0.05, 0.1) is 18.4 Å². The van der Waals surface area contributed by atoms with Crippen LogP contribution in [0.15, 0.2) is 28.0 Å². The first-order valence-corrected chi connectivity index (χ1v) is 11.2. The fourth-order valence-electron chi connectivity index (χ4n) is 2.57. The number of thiophene rings is 2. The largest absolute Gasteiger partial charge is 0.465 e. The van der Waals surface area contributed by atoms with Gasteiger partial charge in [-0.1, -0.05) is 11.8 Å². The van der Waals surface area contributed by atoms with E-state index in [-0.39, 0.29) is 17.7 Å². The Hall–Kier alpha value is -2.17. The number of thioether (sulfide) groups is 1. The maximum atomic E-state index is 12.4. The minimum Gasteiger partial charge on any atom is -0.465 e. The number of ether oxygens (including phenoxy) is 1. The maximum absolute atomic E-state index is 12.4. The molecule has 28 heavy (non-hydrogen) atoms. The minimum atomic E-state index is -0.473. The molecule has 3 aromatic heterocycles. The number of aryl methyl sites for hydroxylation is 1. The van der Waals surface area contributed by atoms with Crippen LogP contribution in [0, 0.1) is 6.92 Å². The van der Waals surface area contributed by atoms with Gasteiger partial charge in [-0.2, -0.15) is 0 Å². The number of carbonyl (C=O) groups is 2. The lowest BCUT2D eigenvalue weighted by Crippen LogP contribution is -2.16. The van der Waals surface area contributed by atoms with Crippen LogP contribution in [0.3, 0.4) is 0 Å². The number of carbonyl (C=O) groups excluding carboxylic acids is 2. The van der Waals surface area contributed by atoms with E-state index in [1.54, 1.807) is 22.8 Å². The molecule has 0 aliphatic carbocycles. The normalized spacial score (nSPS) is 11.0. The number of hydrogen-bond acceptors (Lipinski definition) is 8. The van der Waals surface area contributed by atoms with Gasteiger partial charge in [0.15, 0.2) is 11.0 Å². The van der Waals surface area contributed by atoms with Crippen molar-refractivity contribution in [1.82, 2.24) is 14.8 Å². The molecule has 148 valence electrons. The van der Waals surface area contributed by atoms with E-state index in [9.17, 15) is 9.59 Å². The summed E-state index contributed by atoms with van der Waals surface area (Å²) in [6.07, 6.45) is 0. The molecular formula is C18H20N4O3S3. The van der Waals surface area contributed by atoms with Crippen molar-refractivity contribution in [3.05, 3.63) is 33.3 Å². The standard InChI is InChI=1S/C18H20N4O3S3/c1-10(2)22-15(12-7-11(3)27-8-12)20-21-18(22)28-9-14(23)19-16-13(5-6-26-16)17(24)25-4/h5-8,10H,9H2,1-4H3,(H,19,23). The van der Waals surface area contributed by atoms with Crippen LogP contribution in [0.4, 0.5) is 5.00 Å². The summed E-state index contributed by atoms with van der Waals surface area (Å²) in [6.45, 7) is 6.17. The van der Waals surface area contributed by atoms with Crippen LogP contribution in [0.25, 0.3) is 11.4 Å². The highest BCUT2D eigenvalue weighted by molar-refractivity contribution is 7.99. The monoisotopic (exact) mass is 436 g/mol. The smallest absolute Gasteiger partial charge is 0.340 e. The number of esters is 1. The summed E-state index contributed by atoms with van der Waals surface area (Å²) in [5.41, 5.74) is 1.38. The molecule has 0 saturated heterocycles. The van der Waals surface area contributed by atoms with E-state index in [0.717, 1.165) is 11.4 Å². The summed E-state index contributed by atoms with van der Waals surface area (Å²) < 4.78 is 6.76. The molecule has 0 aliphatic rings. The van der Waals surface area contributed by atoms with Crippen LogP contribution in [-0.2, 0) is 9.53 Å². The van der Waals surface area contributed by atoms with Crippen LogP contribution in [0.5, 0.6) is 0 Å². The maximum Gasteiger partial charge on any atom is 0.340 e. The highest BCUT2D eigenvalue weighted by Crippen LogP contribution is 2.30. The number of amides is 1. The van der Waals surface area contributed by atoms with Crippen molar-refractivity contribution >= 4 is 51.3 Å². The van der Waals surface area contributed by atoms with Gasteiger partial charge in [-0.05, 0) is 38.3 Å². The highest BCUT2D eigenvalue weighted by Gasteiger charge is 2.20. The Balaban J connectivity index is 1.71. The molecule has 7 nitrogen and oxygen atoms in total. The SMILES string of the molecule is COC(=O)c1ccsc1NC(=O)CSc1nnc(-c2csc(C)c2)n1C(C)C. The molecule has 1 amide bonds. The van der Waals surface area contributed by atoms with Gasteiger partial charge in [0.25, 0.3) is 0 Å². The van der Waals surface area contributed by atoms with Crippen LogP contribution in [0.2, 0.25) is 0 Å². The lowest BCUT2D eigenvalue weighted by Gasteiger charge is -2.13. The molecule has 3 aromatic rings. The van der Waals surface area contributed by atoms with Gasteiger partial charge in [-0.3, -0.25) is 9.36 Å². The van der Waals surface area contributed by atoms with Gasteiger partial charge in [-0.15, -0.1) is 32.9 Å². The molecule has 3 rings (SSSR count). The van der Waals surface area contributed by atoms with Crippen LogP contribution in [-0.4, -0.2) is 39.5 Å². The lowest BCUT2D eigenvalue weighted by molar-refractivity contribution is -0.113. The summed E-state index contributed by atoms with van der Waals surface area (Å²) in [4.78, 5) is 25.3. The molecule has 1 N–H and O–H groups in total. The van der Waals surface area contributed by atoms with E-state index >= 15 is 0 Å². The molecule has 0 saturated carbocycles. The fourth-order valence-corrected chi connectivity index (χ4v) is 4.91. The first-order chi connectivity index (χ1) is 13.4. The first kappa shape index (κ1) is 20.6. The number of rotatable bonds is 7. The molecule has 0 aromatic carbocycles. The number of nitrogens with zero attached hydrogens (tertiary/aromatic N) is 3. The number of methoxy groups -OCH3 is 1. The lowest BCUT2D eigenvalue weighted by atomic mass is 10.3. The van der Waals surface area contributed by atoms with Gasteiger partial charge in [0, 0.05) is 21.9 Å².